The molecule has 0 radical (unpaired) electrons. The summed E-state index contributed by atoms with van der Waals surface area (Å²) in [5, 5.41) is 0. The SMILES string of the molecule is NNC1c2ccccc2C(I)Cc2ccccc2C1N. The Bertz CT molecular complexity index is 614. The number of alkyl halides is 1. The predicted molar refractivity (Wildman–Crippen MR) is 90.3 cm³/mol. The molecular weight excluding hydrogens is 361 g/mol. The van der Waals surface area contributed by atoms with Crippen LogP contribution in [0.25, 0.3) is 0 Å². The Labute approximate surface area is 132 Å². The van der Waals surface area contributed by atoms with Gasteiger partial charge in [0.15, 0.2) is 0 Å². The van der Waals surface area contributed by atoms with Crippen LogP contribution in [0.1, 0.15) is 38.3 Å². The number of fused-ring (bicyclic) bond motifs is 2. The van der Waals surface area contributed by atoms with E-state index in [0.29, 0.717) is 3.92 Å². The van der Waals surface area contributed by atoms with E-state index in [4.69, 9.17) is 11.6 Å². The molecule has 0 aliphatic heterocycles. The first kappa shape index (κ1) is 14.0. The largest absolute Gasteiger partial charge is 0.322 e. The highest BCUT2D eigenvalue weighted by molar-refractivity contribution is 14.1. The molecule has 104 valence electrons. The van der Waals surface area contributed by atoms with Crippen molar-refractivity contribution in [2.45, 2.75) is 22.4 Å². The van der Waals surface area contributed by atoms with E-state index >= 15 is 0 Å². The van der Waals surface area contributed by atoms with E-state index in [0.717, 1.165) is 6.42 Å². The zero-order chi connectivity index (χ0) is 14.1. The maximum Gasteiger partial charge on any atom is 0.0655 e. The molecule has 0 fully saturated rings. The van der Waals surface area contributed by atoms with Gasteiger partial charge in [-0.15, -0.1) is 0 Å². The van der Waals surface area contributed by atoms with Gasteiger partial charge < -0.3 is 5.73 Å². The Morgan fingerprint density at radius 3 is 2.25 bits per heavy atom. The number of rotatable bonds is 1. The fourth-order valence-corrected chi connectivity index (χ4v) is 4.04. The maximum atomic E-state index is 6.49. The van der Waals surface area contributed by atoms with E-state index in [-0.39, 0.29) is 12.1 Å². The Morgan fingerprint density at radius 1 is 0.950 bits per heavy atom. The van der Waals surface area contributed by atoms with Crippen LogP contribution in [0, 0.1) is 0 Å². The van der Waals surface area contributed by atoms with Gasteiger partial charge in [0.25, 0.3) is 0 Å². The van der Waals surface area contributed by atoms with Crippen molar-refractivity contribution >= 4 is 22.6 Å². The number of nitrogens with one attached hydrogen (secondary N) is 1. The van der Waals surface area contributed by atoms with Gasteiger partial charge in [-0.25, -0.2) is 0 Å². The average Bonchev–Trinajstić information content (AvgIpc) is 2.48. The van der Waals surface area contributed by atoms with Crippen molar-refractivity contribution in [3.63, 3.8) is 0 Å². The molecule has 3 unspecified atom stereocenters. The topological polar surface area (TPSA) is 64.1 Å². The summed E-state index contributed by atoms with van der Waals surface area (Å²) in [6.07, 6.45) is 0.999. The molecule has 0 heterocycles. The van der Waals surface area contributed by atoms with E-state index < -0.39 is 0 Å². The van der Waals surface area contributed by atoms with Crippen molar-refractivity contribution < 1.29 is 0 Å². The first-order chi connectivity index (χ1) is 9.72. The summed E-state index contributed by atoms with van der Waals surface area (Å²) >= 11 is 2.51. The fraction of sp³-hybridized carbons (Fsp3) is 0.250. The van der Waals surface area contributed by atoms with E-state index in [9.17, 15) is 0 Å². The van der Waals surface area contributed by atoms with Gasteiger partial charge in [0.1, 0.15) is 0 Å². The lowest BCUT2D eigenvalue weighted by Gasteiger charge is -2.31. The molecule has 5 N–H and O–H groups in total. The molecule has 1 aliphatic carbocycles. The van der Waals surface area contributed by atoms with Crippen LogP contribution in [-0.2, 0) is 6.42 Å². The normalized spacial score (nSPS) is 25.2. The van der Waals surface area contributed by atoms with Crippen molar-refractivity contribution in [1.29, 1.82) is 0 Å². The molecular formula is C16H18IN3. The number of halogens is 1. The van der Waals surface area contributed by atoms with Crippen LogP contribution in [0.5, 0.6) is 0 Å². The zero-order valence-corrected chi connectivity index (χ0v) is 13.2. The minimum absolute atomic E-state index is 0.0649. The summed E-state index contributed by atoms with van der Waals surface area (Å²) < 4.78 is 0.424. The minimum Gasteiger partial charge on any atom is -0.322 e. The third-order valence-electron chi connectivity index (χ3n) is 4.02. The molecule has 3 atom stereocenters. The molecule has 2 aromatic carbocycles. The van der Waals surface area contributed by atoms with Crippen LogP contribution in [-0.4, -0.2) is 0 Å². The molecule has 0 spiro atoms. The number of hydrogen-bond donors (Lipinski definition) is 3. The zero-order valence-electron chi connectivity index (χ0n) is 11.1. The van der Waals surface area contributed by atoms with E-state index in [2.05, 4.69) is 64.4 Å². The van der Waals surface area contributed by atoms with Gasteiger partial charge in [0.2, 0.25) is 0 Å². The second kappa shape index (κ2) is 5.81. The summed E-state index contributed by atoms with van der Waals surface area (Å²) in [6, 6.07) is 16.6. The molecule has 3 nitrogen and oxygen atoms in total. The summed E-state index contributed by atoms with van der Waals surface area (Å²) in [5.74, 6) is 5.80. The minimum atomic E-state index is -0.138. The highest BCUT2D eigenvalue weighted by Gasteiger charge is 2.29. The lowest BCUT2D eigenvalue weighted by Crippen LogP contribution is -2.38. The quantitative estimate of drug-likeness (QED) is 0.309. The Balaban J connectivity index is 2.17. The van der Waals surface area contributed by atoms with Gasteiger partial charge in [-0.3, -0.25) is 11.3 Å². The molecule has 0 saturated heterocycles. The first-order valence-electron chi connectivity index (χ1n) is 6.74. The van der Waals surface area contributed by atoms with E-state index in [1.165, 1.54) is 22.3 Å². The van der Waals surface area contributed by atoms with Crippen molar-refractivity contribution in [3.8, 4) is 0 Å². The first-order valence-corrected chi connectivity index (χ1v) is 7.99. The summed E-state index contributed by atoms with van der Waals surface area (Å²) in [6.45, 7) is 0. The average molecular weight is 379 g/mol. The van der Waals surface area contributed by atoms with Gasteiger partial charge in [-0.2, -0.15) is 0 Å². The second-order valence-corrected chi connectivity index (χ2v) is 6.67. The molecule has 1 aliphatic rings. The molecule has 4 heteroatoms. The van der Waals surface area contributed by atoms with Gasteiger partial charge in [-0.05, 0) is 28.7 Å². The van der Waals surface area contributed by atoms with Crippen LogP contribution >= 0.6 is 22.6 Å². The standard InChI is InChI=1S/C16H18IN3/c17-14-9-10-5-1-2-6-11(10)15(18)16(20-19)13-8-4-3-7-12(13)14/h1-8,14-16,20H,9,18-19H2. The summed E-state index contributed by atoms with van der Waals surface area (Å²) in [7, 11) is 0. The third kappa shape index (κ3) is 2.37. The van der Waals surface area contributed by atoms with Gasteiger partial charge in [0.05, 0.1) is 12.1 Å². The van der Waals surface area contributed by atoms with Crippen LogP contribution in [0.15, 0.2) is 48.5 Å². The second-order valence-electron chi connectivity index (χ2n) is 5.17. The van der Waals surface area contributed by atoms with Crippen molar-refractivity contribution in [2.75, 3.05) is 0 Å². The van der Waals surface area contributed by atoms with Gasteiger partial charge >= 0.3 is 0 Å². The van der Waals surface area contributed by atoms with Crippen LogP contribution in [0.3, 0.4) is 0 Å². The highest BCUT2D eigenvalue weighted by Crippen LogP contribution is 2.40. The molecule has 2 aromatic rings. The molecule has 3 rings (SSSR count). The monoisotopic (exact) mass is 379 g/mol. The lowest BCUT2D eigenvalue weighted by molar-refractivity contribution is 0.455. The Hall–Kier alpha value is -0.950. The van der Waals surface area contributed by atoms with Crippen molar-refractivity contribution in [2.24, 2.45) is 11.6 Å². The summed E-state index contributed by atoms with van der Waals surface area (Å²) in [4.78, 5) is 0. The predicted octanol–water partition coefficient (Wildman–Crippen LogP) is 2.92. The van der Waals surface area contributed by atoms with Crippen LogP contribution in [0.4, 0.5) is 0 Å². The number of nitrogens with two attached hydrogens (primary N) is 2. The Morgan fingerprint density at radius 2 is 1.55 bits per heavy atom. The van der Waals surface area contributed by atoms with E-state index in [1.807, 2.05) is 12.1 Å². The Kier molecular flexibility index (Phi) is 4.07. The molecule has 0 amide bonds. The third-order valence-corrected chi connectivity index (χ3v) is 5.13. The molecule has 20 heavy (non-hydrogen) atoms. The number of hydrogen-bond acceptors (Lipinski definition) is 3. The highest BCUT2D eigenvalue weighted by atomic mass is 127. The van der Waals surface area contributed by atoms with Crippen LogP contribution in [0.2, 0.25) is 0 Å². The van der Waals surface area contributed by atoms with Crippen molar-refractivity contribution in [1.82, 2.24) is 5.43 Å². The van der Waals surface area contributed by atoms with Crippen molar-refractivity contribution in [3.05, 3.63) is 70.8 Å². The lowest BCUT2D eigenvalue weighted by atomic mass is 9.83. The molecule has 0 saturated carbocycles. The number of benzene rings is 2. The molecule has 0 bridgehead atoms. The molecule has 0 aromatic heterocycles. The maximum absolute atomic E-state index is 6.49. The smallest absolute Gasteiger partial charge is 0.0655 e. The number of hydrazine groups is 1. The summed E-state index contributed by atoms with van der Waals surface area (Å²) in [5.41, 5.74) is 14.4. The fourth-order valence-electron chi connectivity index (χ4n) is 2.99. The van der Waals surface area contributed by atoms with Gasteiger partial charge in [0, 0.05) is 3.92 Å². The van der Waals surface area contributed by atoms with Gasteiger partial charge in [-0.1, -0.05) is 71.1 Å². The van der Waals surface area contributed by atoms with Crippen LogP contribution < -0.4 is 17.0 Å². The van der Waals surface area contributed by atoms with E-state index in [1.54, 1.807) is 0 Å².